The third-order valence-corrected chi connectivity index (χ3v) is 3.97. The molecule has 1 aliphatic carbocycles. The molecule has 29 heavy (non-hydrogen) atoms. The highest BCUT2D eigenvalue weighted by Crippen LogP contribution is 2.17. The van der Waals surface area contributed by atoms with Gasteiger partial charge in [0.05, 0.1) is 11.3 Å². The van der Waals surface area contributed by atoms with Gasteiger partial charge in [0.15, 0.2) is 0 Å². The van der Waals surface area contributed by atoms with Gasteiger partial charge in [0.2, 0.25) is 5.95 Å². The molecule has 8 nitrogen and oxygen atoms in total. The van der Waals surface area contributed by atoms with E-state index in [-0.39, 0.29) is 22.7 Å². The van der Waals surface area contributed by atoms with Crippen molar-refractivity contribution < 1.29 is 18.7 Å². The fourth-order valence-electron chi connectivity index (χ4n) is 2.55. The van der Waals surface area contributed by atoms with Crippen molar-refractivity contribution in [2.24, 2.45) is 16.5 Å². The molecule has 5 N–H and O–H groups in total. The second-order valence-corrected chi connectivity index (χ2v) is 7.58. The Bertz CT molecular complexity index is 738. The first kappa shape index (κ1) is 24.1. The maximum absolute atomic E-state index is 13.0. The van der Waals surface area contributed by atoms with Crippen LogP contribution in [0.3, 0.4) is 0 Å². The van der Waals surface area contributed by atoms with Crippen LogP contribution in [-0.2, 0) is 14.3 Å². The Hall–Kier alpha value is -2.97. The molecule has 9 heteroatoms. The van der Waals surface area contributed by atoms with Gasteiger partial charge in [-0.25, -0.2) is 9.98 Å². The van der Waals surface area contributed by atoms with E-state index in [4.69, 9.17) is 11.5 Å². The highest BCUT2D eigenvalue weighted by molar-refractivity contribution is 6.20. The van der Waals surface area contributed by atoms with Crippen LogP contribution < -0.4 is 16.8 Å². The van der Waals surface area contributed by atoms with Crippen molar-refractivity contribution in [3.8, 4) is 0 Å². The van der Waals surface area contributed by atoms with Gasteiger partial charge in [0.25, 0.3) is 12.4 Å². The molecule has 1 aromatic rings. The molecule has 1 saturated carbocycles. The van der Waals surface area contributed by atoms with Crippen LogP contribution in [0.5, 0.6) is 0 Å². The minimum Gasteiger partial charge on any atom is -0.462 e. The molecule has 0 spiro atoms. The van der Waals surface area contributed by atoms with Crippen LogP contribution in [-0.4, -0.2) is 34.8 Å². The second-order valence-electron chi connectivity index (χ2n) is 7.58. The summed E-state index contributed by atoms with van der Waals surface area (Å²) in [7, 11) is 0. The Morgan fingerprint density at radius 1 is 1.31 bits per heavy atom. The summed E-state index contributed by atoms with van der Waals surface area (Å²) in [5.74, 6) is -1.40. The van der Waals surface area contributed by atoms with Crippen LogP contribution in [0.15, 0.2) is 35.1 Å². The first-order chi connectivity index (χ1) is 13.6. The molecule has 1 aromatic heterocycles. The molecule has 0 bridgehead atoms. The molecule has 1 aliphatic rings. The maximum Gasteiger partial charge on any atom is 0.293 e. The molecule has 0 aromatic carbocycles. The third kappa shape index (κ3) is 10.2. The molecule has 1 fully saturated rings. The molecule has 2 rings (SSSR count). The van der Waals surface area contributed by atoms with Gasteiger partial charge in [-0.2, -0.15) is 4.39 Å². The quantitative estimate of drug-likeness (QED) is 0.218. The summed E-state index contributed by atoms with van der Waals surface area (Å²) < 4.78 is 17.6. The van der Waals surface area contributed by atoms with E-state index in [1.165, 1.54) is 24.9 Å². The maximum atomic E-state index is 13.0. The van der Waals surface area contributed by atoms with Crippen LogP contribution in [0, 0.1) is 5.95 Å². The lowest BCUT2D eigenvalue weighted by molar-refractivity contribution is -0.138. The van der Waals surface area contributed by atoms with Gasteiger partial charge in [-0.3, -0.25) is 9.59 Å². The predicted octanol–water partition coefficient (Wildman–Crippen LogP) is 2.46. The monoisotopic (exact) mass is 407 g/mol. The minimum atomic E-state index is -0.681. The van der Waals surface area contributed by atoms with E-state index in [9.17, 15) is 14.0 Å². The topological polar surface area (TPSA) is 133 Å². The van der Waals surface area contributed by atoms with E-state index in [0.29, 0.717) is 12.5 Å². The summed E-state index contributed by atoms with van der Waals surface area (Å²) >= 11 is 0. The van der Waals surface area contributed by atoms with Gasteiger partial charge in [0, 0.05) is 24.5 Å². The van der Waals surface area contributed by atoms with Crippen molar-refractivity contribution >= 4 is 23.9 Å². The number of amides is 1. The Balaban J connectivity index is 0.000000516. The fraction of sp³-hybridized carbons (Fsp3) is 0.500. The van der Waals surface area contributed by atoms with E-state index < -0.39 is 11.9 Å². The van der Waals surface area contributed by atoms with E-state index in [1.54, 1.807) is 0 Å². The van der Waals surface area contributed by atoms with E-state index in [0.717, 1.165) is 31.7 Å². The fourth-order valence-corrected chi connectivity index (χ4v) is 2.55. The number of carbonyl (C=O) groups excluding carboxylic acids is 2. The van der Waals surface area contributed by atoms with Gasteiger partial charge in [-0.05, 0) is 39.7 Å². The van der Waals surface area contributed by atoms with Crippen molar-refractivity contribution in [1.82, 2.24) is 10.3 Å². The zero-order chi connectivity index (χ0) is 21.9. The Morgan fingerprint density at radius 3 is 2.45 bits per heavy atom. The number of aromatic nitrogens is 1. The van der Waals surface area contributed by atoms with E-state index in [2.05, 4.69) is 20.0 Å². The molecular weight excluding hydrogens is 377 g/mol. The number of primary amides is 1. The van der Waals surface area contributed by atoms with Gasteiger partial charge in [-0.1, -0.05) is 19.3 Å². The summed E-state index contributed by atoms with van der Waals surface area (Å²) in [6, 6.07) is 2.93. The summed E-state index contributed by atoms with van der Waals surface area (Å²) in [5.41, 5.74) is 11.2. The van der Waals surface area contributed by atoms with Crippen LogP contribution >= 0.6 is 0 Å². The SMILES string of the molecule is CC(C)(C)OC=O.NC(=O)/C(=C/NC1CCCCC1)C(N)=Nc1ccnc(F)c1. The number of amidine groups is 1. The first-order valence-corrected chi connectivity index (χ1v) is 9.46. The summed E-state index contributed by atoms with van der Waals surface area (Å²) in [6.07, 6.45) is 8.45. The molecule has 0 unspecified atom stereocenters. The molecule has 0 radical (unpaired) electrons. The Labute approximate surface area is 170 Å². The van der Waals surface area contributed by atoms with Crippen molar-refractivity contribution in [2.45, 2.75) is 64.5 Å². The van der Waals surface area contributed by atoms with Gasteiger partial charge in [0.1, 0.15) is 11.4 Å². The third-order valence-electron chi connectivity index (χ3n) is 3.97. The predicted molar refractivity (Wildman–Crippen MR) is 110 cm³/mol. The van der Waals surface area contributed by atoms with Crippen molar-refractivity contribution in [3.63, 3.8) is 0 Å². The number of nitrogens with zero attached hydrogens (tertiary/aromatic N) is 2. The molecule has 0 aliphatic heterocycles. The number of pyridine rings is 1. The van der Waals surface area contributed by atoms with Gasteiger partial charge in [-0.15, -0.1) is 0 Å². The number of ether oxygens (including phenoxy) is 1. The minimum absolute atomic E-state index is 0.0543. The lowest BCUT2D eigenvalue weighted by atomic mass is 9.95. The highest BCUT2D eigenvalue weighted by Gasteiger charge is 2.14. The van der Waals surface area contributed by atoms with Crippen LogP contribution in [0.25, 0.3) is 0 Å². The van der Waals surface area contributed by atoms with Gasteiger partial charge >= 0.3 is 0 Å². The van der Waals surface area contributed by atoms with Crippen molar-refractivity contribution in [3.05, 3.63) is 36.1 Å². The largest absolute Gasteiger partial charge is 0.462 e. The number of nitrogens with two attached hydrogens (primary N) is 2. The number of hydrogen-bond donors (Lipinski definition) is 3. The molecular formula is C20H30FN5O3. The second kappa shape index (κ2) is 11.8. The van der Waals surface area contributed by atoms with Crippen molar-refractivity contribution in [2.75, 3.05) is 0 Å². The van der Waals surface area contributed by atoms with Crippen LogP contribution in [0.4, 0.5) is 10.1 Å². The van der Waals surface area contributed by atoms with Crippen molar-refractivity contribution in [1.29, 1.82) is 0 Å². The lowest BCUT2D eigenvalue weighted by Gasteiger charge is -2.22. The number of rotatable bonds is 6. The number of nitrogens with one attached hydrogen (secondary N) is 1. The molecule has 0 saturated heterocycles. The number of carbonyl (C=O) groups is 2. The number of aliphatic imine (C=N–C) groups is 1. The number of halogens is 1. The first-order valence-electron chi connectivity index (χ1n) is 9.46. The number of hydrogen-bond acceptors (Lipinski definition) is 6. The van der Waals surface area contributed by atoms with Crippen LogP contribution in [0.2, 0.25) is 0 Å². The summed E-state index contributed by atoms with van der Waals surface area (Å²) in [6.45, 7) is 5.92. The molecule has 0 atom stereocenters. The van der Waals surface area contributed by atoms with E-state index >= 15 is 0 Å². The zero-order valence-corrected chi connectivity index (χ0v) is 17.2. The summed E-state index contributed by atoms with van der Waals surface area (Å²) in [5, 5.41) is 3.17. The molecule has 1 heterocycles. The zero-order valence-electron chi connectivity index (χ0n) is 17.2. The van der Waals surface area contributed by atoms with E-state index in [1.807, 2.05) is 20.8 Å². The smallest absolute Gasteiger partial charge is 0.293 e. The average Bonchev–Trinajstić information content (AvgIpc) is 2.62. The van der Waals surface area contributed by atoms with Gasteiger partial charge < -0.3 is 21.5 Å². The molecule has 1 amide bonds. The normalized spacial score (nSPS) is 15.7. The standard InChI is InChI=1S/C15H20FN5O.C5H10O2/c16-13-8-11(6-7-19-13)21-14(17)12(15(18)22)9-20-10-4-2-1-3-5-10;1-5(2,3)7-4-6/h6-10,20H,1-5H2,(H2,18,22)(H2,17,19,21);4H,1-3H3/b12-9+;. The average molecular weight is 407 g/mol. The molecule has 160 valence electrons. The lowest BCUT2D eigenvalue weighted by Crippen LogP contribution is -2.32. The van der Waals surface area contributed by atoms with Crippen LogP contribution in [0.1, 0.15) is 52.9 Å². The highest BCUT2D eigenvalue weighted by atomic mass is 19.1. The Kier molecular flexibility index (Phi) is 9.78. The summed E-state index contributed by atoms with van der Waals surface area (Å²) in [4.78, 5) is 28.6. The Morgan fingerprint density at radius 2 is 1.97 bits per heavy atom.